The highest BCUT2D eigenvalue weighted by atomic mass is 32.2. The Bertz CT molecular complexity index is 551. The third-order valence-electron chi connectivity index (χ3n) is 3.18. The third-order valence-corrected chi connectivity index (χ3v) is 4.31. The van der Waals surface area contributed by atoms with Gasteiger partial charge in [-0.2, -0.15) is 0 Å². The molecule has 0 radical (unpaired) electrons. The lowest BCUT2D eigenvalue weighted by Gasteiger charge is -2.24. The van der Waals surface area contributed by atoms with Gasteiger partial charge in [-0.25, -0.2) is 8.42 Å². The molecule has 0 bridgehead atoms. The van der Waals surface area contributed by atoms with Gasteiger partial charge in [0.25, 0.3) is 0 Å². The number of hydrogen-bond donors (Lipinski definition) is 1. The van der Waals surface area contributed by atoms with Gasteiger partial charge in [-0.15, -0.1) is 0 Å². The molecular weight excluding hydrogens is 252 g/mol. The van der Waals surface area contributed by atoms with Gasteiger partial charge in [0.15, 0.2) is 9.84 Å². The van der Waals surface area contributed by atoms with Crippen molar-refractivity contribution < 1.29 is 13.2 Å². The minimum atomic E-state index is -3.18. The molecule has 1 saturated heterocycles. The molecule has 1 heterocycles. The largest absolute Gasteiger partial charge is 0.368 e. The maximum atomic E-state index is 11.4. The predicted molar refractivity (Wildman–Crippen MR) is 69.1 cm³/mol. The normalized spacial score (nSPS) is 20.1. The fourth-order valence-electron chi connectivity index (χ4n) is 2.26. The van der Waals surface area contributed by atoms with Crippen molar-refractivity contribution in [3.8, 4) is 0 Å². The van der Waals surface area contributed by atoms with E-state index in [0.29, 0.717) is 0 Å². The summed E-state index contributed by atoms with van der Waals surface area (Å²) in [6, 6.07) is 6.27. The summed E-state index contributed by atoms with van der Waals surface area (Å²) in [5, 5.41) is 0. The average Bonchev–Trinajstić information content (AvgIpc) is 2.77. The van der Waals surface area contributed by atoms with Crippen molar-refractivity contribution in [2.75, 3.05) is 17.7 Å². The van der Waals surface area contributed by atoms with Crippen LogP contribution in [0, 0.1) is 0 Å². The molecule has 1 aliphatic rings. The molecule has 6 heteroatoms. The summed E-state index contributed by atoms with van der Waals surface area (Å²) >= 11 is 0. The zero-order valence-electron chi connectivity index (χ0n) is 10.2. The zero-order chi connectivity index (χ0) is 13.3. The Kier molecular flexibility index (Phi) is 3.30. The summed E-state index contributed by atoms with van der Waals surface area (Å²) < 4.78 is 22.7. The molecule has 0 saturated carbocycles. The number of carbonyl (C=O) groups excluding carboxylic acids is 1. The van der Waals surface area contributed by atoms with Crippen molar-refractivity contribution in [2.24, 2.45) is 5.73 Å². The Morgan fingerprint density at radius 1 is 1.33 bits per heavy atom. The summed E-state index contributed by atoms with van der Waals surface area (Å²) in [5.41, 5.74) is 6.18. The first-order valence-corrected chi connectivity index (χ1v) is 7.65. The van der Waals surface area contributed by atoms with Crippen LogP contribution in [-0.2, 0) is 14.6 Å². The minimum Gasteiger partial charge on any atom is -0.368 e. The molecule has 0 spiro atoms. The van der Waals surface area contributed by atoms with Crippen LogP contribution in [0.15, 0.2) is 29.2 Å². The molecule has 1 atom stereocenters. The predicted octanol–water partition coefficient (Wildman–Crippen LogP) is 0.544. The molecule has 5 nitrogen and oxygen atoms in total. The fourth-order valence-corrected chi connectivity index (χ4v) is 2.89. The highest BCUT2D eigenvalue weighted by Crippen LogP contribution is 2.26. The maximum Gasteiger partial charge on any atom is 0.240 e. The lowest BCUT2D eigenvalue weighted by Crippen LogP contribution is -2.40. The number of nitrogens with zero attached hydrogens (tertiary/aromatic N) is 1. The first kappa shape index (κ1) is 12.9. The fraction of sp³-hybridized carbons (Fsp3) is 0.417. The van der Waals surface area contributed by atoms with Gasteiger partial charge in [0.05, 0.1) is 4.90 Å². The van der Waals surface area contributed by atoms with Gasteiger partial charge in [0.2, 0.25) is 5.91 Å². The molecule has 1 unspecified atom stereocenters. The van der Waals surface area contributed by atoms with E-state index in [9.17, 15) is 13.2 Å². The minimum absolute atomic E-state index is 0.279. The smallest absolute Gasteiger partial charge is 0.240 e. The number of anilines is 1. The second-order valence-corrected chi connectivity index (χ2v) is 6.54. The Morgan fingerprint density at radius 2 is 1.94 bits per heavy atom. The molecular formula is C12H16N2O3S. The van der Waals surface area contributed by atoms with Gasteiger partial charge >= 0.3 is 0 Å². The number of benzene rings is 1. The van der Waals surface area contributed by atoms with Gasteiger partial charge in [-0.1, -0.05) is 0 Å². The van der Waals surface area contributed by atoms with E-state index in [4.69, 9.17) is 5.73 Å². The number of carbonyl (C=O) groups is 1. The molecule has 1 aromatic rings. The van der Waals surface area contributed by atoms with E-state index in [0.717, 1.165) is 25.1 Å². The van der Waals surface area contributed by atoms with Crippen LogP contribution in [0.4, 0.5) is 5.69 Å². The van der Waals surface area contributed by atoms with E-state index in [-0.39, 0.29) is 16.8 Å². The van der Waals surface area contributed by atoms with E-state index >= 15 is 0 Å². The van der Waals surface area contributed by atoms with Crippen LogP contribution in [0.2, 0.25) is 0 Å². The van der Waals surface area contributed by atoms with E-state index < -0.39 is 9.84 Å². The molecule has 1 amide bonds. The number of sulfone groups is 1. The maximum absolute atomic E-state index is 11.4. The average molecular weight is 268 g/mol. The highest BCUT2D eigenvalue weighted by Gasteiger charge is 2.29. The van der Waals surface area contributed by atoms with E-state index in [2.05, 4.69) is 0 Å². The van der Waals surface area contributed by atoms with Crippen molar-refractivity contribution in [3.05, 3.63) is 24.3 Å². The van der Waals surface area contributed by atoms with Crippen LogP contribution in [-0.4, -0.2) is 33.2 Å². The van der Waals surface area contributed by atoms with Crippen molar-refractivity contribution in [3.63, 3.8) is 0 Å². The van der Waals surface area contributed by atoms with Crippen molar-refractivity contribution >= 4 is 21.4 Å². The van der Waals surface area contributed by atoms with Crippen LogP contribution >= 0.6 is 0 Å². The number of amides is 1. The van der Waals surface area contributed by atoms with Gasteiger partial charge in [-0.05, 0) is 37.1 Å². The second kappa shape index (κ2) is 4.61. The number of nitrogens with two attached hydrogens (primary N) is 1. The van der Waals surface area contributed by atoms with Crippen LogP contribution in [0.3, 0.4) is 0 Å². The van der Waals surface area contributed by atoms with Crippen molar-refractivity contribution in [1.82, 2.24) is 0 Å². The first-order valence-electron chi connectivity index (χ1n) is 5.75. The van der Waals surface area contributed by atoms with Gasteiger partial charge < -0.3 is 10.6 Å². The van der Waals surface area contributed by atoms with Crippen LogP contribution in [0.25, 0.3) is 0 Å². The standard InChI is InChI=1S/C12H16N2O3S/c1-18(16,17)10-6-4-9(5-7-10)14-8-2-3-11(14)12(13)15/h4-7,11H,2-3,8H2,1H3,(H2,13,15). The Morgan fingerprint density at radius 3 is 2.44 bits per heavy atom. The van der Waals surface area contributed by atoms with E-state index in [1.165, 1.54) is 6.26 Å². The lowest BCUT2D eigenvalue weighted by atomic mass is 10.2. The van der Waals surface area contributed by atoms with Crippen LogP contribution < -0.4 is 10.6 Å². The Labute approximate surface area is 107 Å². The molecule has 2 N–H and O–H groups in total. The molecule has 18 heavy (non-hydrogen) atoms. The molecule has 1 fully saturated rings. The summed E-state index contributed by atoms with van der Waals surface area (Å²) in [5.74, 6) is -0.334. The highest BCUT2D eigenvalue weighted by molar-refractivity contribution is 7.90. The van der Waals surface area contributed by atoms with Crippen molar-refractivity contribution in [2.45, 2.75) is 23.8 Å². The first-order chi connectivity index (χ1) is 8.39. The second-order valence-electron chi connectivity index (χ2n) is 4.52. The van der Waals surface area contributed by atoms with Crippen molar-refractivity contribution in [1.29, 1.82) is 0 Å². The lowest BCUT2D eigenvalue weighted by molar-refractivity contribution is -0.119. The third kappa shape index (κ3) is 2.48. The van der Waals surface area contributed by atoms with Gasteiger partial charge in [0, 0.05) is 18.5 Å². The summed E-state index contributed by atoms with van der Waals surface area (Å²) in [6.07, 6.45) is 2.84. The SMILES string of the molecule is CS(=O)(=O)c1ccc(N2CCCC2C(N)=O)cc1. The molecule has 0 aliphatic carbocycles. The van der Waals surface area contributed by atoms with Crippen LogP contribution in [0.1, 0.15) is 12.8 Å². The number of rotatable bonds is 3. The Hall–Kier alpha value is -1.56. The molecule has 2 rings (SSSR count). The Balaban J connectivity index is 2.27. The van der Waals surface area contributed by atoms with Gasteiger partial charge in [0.1, 0.15) is 6.04 Å². The quantitative estimate of drug-likeness (QED) is 0.867. The summed E-state index contributed by atoms with van der Waals surface area (Å²) in [7, 11) is -3.18. The molecule has 1 aromatic carbocycles. The molecule has 0 aromatic heterocycles. The zero-order valence-corrected chi connectivity index (χ0v) is 11.0. The summed E-state index contributed by atoms with van der Waals surface area (Å²) in [4.78, 5) is 13.5. The van der Waals surface area contributed by atoms with E-state index in [1.807, 2.05) is 4.90 Å². The van der Waals surface area contributed by atoms with Gasteiger partial charge in [-0.3, -0.25) is 4.79 Å². The summed E-state index contributed by atoms with van der Waals surface area (Å²) in [6.45, 7) is 0.770. The molecule has 98 valence electrons. The van der Waals surface area contributed by atoms with Crippen LogP contribution in [0.5, 0.6) is 0 Å². The number of primary amides is 1. The number of hydrogen-bond acceptors (Lipinski definition) is 4. The monoisotopic (exact) mass is 268 g/mol. The molecule has 1 aliphatic heterocycles. The topological polar surface area (TPSA) is 80.5 Å². The van der Waals surface area contributed by atoms with E-state index in [1.54, 1.807) is 24.3 Å².